The molecular weight excluding hydrogens is 506 g/mol. The van der Waals surface area contributed by atoms with Gasteiger partial charge in [0.25, 0.3) is 0 Å². The molecule has 2 aromatic heterocycles. The van der Waals surface area contributed by atoms with Crippen LogP contribution in [0.1, 0.15) is 6.42 Å². The molecule has 2 fully saturated rings. The van der Waals surface area contributed by atoms with Crippen molar-refractivity contribution in [2.75, 3.05) is 31.2 Å². The van der Waals surface area contributed by atoms with E-state index >= 15 is 0 Å². The van der Waals surface area contributed by atoms with E-state index < -0.39 is 29.4 Å². The first-order chi connectivity index (χ1) is 17.9. The Bertz CT molecular complexity index is 1420. The Morgan fingerprint density at radius 1 is 0.974 bits per heavy atom. The second kappa shape index (κ2) is 10.3. The number of nitrogens with one attached hydrogen (secondary N) is 2. The number of imidazole rings is 1. The van der Waals surface area contributed by atoms with Crippen LogP contribution in [0, 0.1) is 23.3 Å². The largest absolute Gasteiger partial charge is 0.412 e. The van der Waals surface area contributed by atoms with E-state index in [1.807, 2.05) is 4.90 Å². The van der Waals surface area contributed by atoms with Crippen molar-refractivity contribution in [3.63, 3.8) is 0 Å². The molecule has 200 valence electrons. The predicted molar refractivity (Wildman–Crippen MR) is 133 cm³/mol. The molecule has 12 heteroatoms. The van der Waals surface area contributed by atoms with E-state index in [9.17, 15) is 22.7 Å². The maximum absolute atomic E-state index is 14.2. The van der Waals surface area contributed by atoms with E-state index in [4.69, 9.17) is 4.74 Å². The number of aliphatic hydroxyl groups excluding tert-OH is 1. The smallest absolute Gasteiger partial charge is 0.161 e. The zero-order valence-electron chi connectivity index (χ0n) is 20.0. The average Bonchev–Trinajstić information content (AvgIpc) is 3.23. The highest BCUT2D eigenvalue weighted by atomic mass is 19.2. The maximum atomic E-state index is 14.2. The quantitative estimate of drug-likeness (QED) is 0.341. The van der Waals surface area contributed by atoms with Gasteiger partial charge in [-0.05, 0) is 24.1 Å². The summed E-state index contributed by atoms with van der Waals surface area (Å²) in [5.41, 5.74) is 2.20. The number of pyridine rings is 1. The number of H-pyrrole nitrogens is 1. The minimum atomic E-state index is -1.03. The van der Waals surface area contributed by atoms with E-state index in [1.54, 1.807) is 0 Å². The summed E-state index contributed by atoms with van der Waals surface area (Å²) in [5.74, 6) is -3.25. The second-order valence-electron chi connectivity index (χ2n) is 9.42. The number of piperidine rings is 1. The lowest BCUT2D eigenvalue weighted by atomic mass is 9.96. The normalized spacial score (nSPS) is 19.9. The number of aromatic amines is 1. The van der Waals surface area contributed by atoms with Gasteiger partial charge in [0.15, 0.2) is 11.6 Å². The lowest BCUT2D eigenvalue weighted by Gasteiger charge is -2.41. The van der Waals surface area contributed by atoms with E-state index in [0.29, 0.717) is 43.0 Å². The average molecular weight is 532 g/mol. The lowest BCUT2D eigenvalue weighted by molar-refractivity contribution is -0.0214. The highest BCUT2D eigenvalue weighted by Gasteiger charge is 2.33. The van der Waals surface area contributed by atoms with Crippen LogP contribution in [0.5, 0.6) is 0 Å². The monoisotopic (exact) mass is 531 g/mol. The summed E-state index contributed by atoms with van der Waals surface area (Å²) < 4.78 is 61.2. The minimum absolute atomic E-state index is 0. The van der Waals surface area contributed by atoms with Gasteiger partial charge in [0.2, 0.25) is 0 Å². The molecule has 0 radical (unpaired) electrons. The molecule has 2 aliphatic rings. The number of anilines is 1. The number of hydrogen-bond donors (Lipinski definition) is 3. The lowest BCUT2D eigenvalue weighted by Crippen LogP contribution is -2.59. The van der Waals surface area contributed by atoms with Gasteiger partial charge in [-0.1, -0.05) is 0 Å². The first kappa shape index (κ1) is 26.0. The highest BCUT2D eigenvalue weighted by Crippen LogP contribution is 2.40. The molecule has 4 heterocycles. The number of nitrogens with zero attached hydrogens (tertiary/aromatic N) is 3. The van der Waals surface area contributed by atoms with Crippen LogP contribution in [-0.2, 0) is 4.74 Å². The van der Waals surface area contributed by atoms with E-state index in [-0.39, 0.29) is 46.5 Å². The Kier molecular flexibility index (Phi) is 7.05. The highest BCUT2D eigenvalue weighted by molar-refractivity contribution is 5.91. The van der Waals surface area contributed by atoms with Crippen molar-refractivity contribution in [2.45, 2.75) is 24.6 Å². The van der Waals surface area contributed by atoms with E-state index in [0.717, 1.165) is 18.2 Å². The summed E-state index contributed by atoms with van der Waals surface area (Å²) in [5, 5.41) is 14.4. The SMILES string of the molecule is O.O[C@H]1CN(c2c(-c3cc(F)cc(F)c3)cncc2-c2nc3cc(F)c(F)cc3[nH]2)CC[C@H]1NC1COC1. The molecule has 0 unspecified atom stereocenters. The number of benzene rings is 2. The topological polar surface area (TPSA) is 118 Å². The summed E-state index contributed by atoms with van der Waals surface area (Å²) >= 11 is 0. The third-order valence-electron chi connectivity index (χ3n) is 6.86. The number of aliphatic hydroxyl groups is 1. The van der Waals surface area contributed by atoms with Gasteiger partial charge >= 0.3 is 0 Å². The van der Waals surface area contributed by atoms with E-state index in [1.165, 1.54) is 24.5 Å². The number of fused-ring (bicyclic) bond motifs is 1. The number of halogens is 4. The van der Waals surface area contributed by atoms with Crippen LogP contribution in [0.2, 0.25) is 0 Å². The standard InChI is InChI=1S/C26H23F4N5O2.H2O/c27-14-3-13(4-15(28)5-14)17-8-31-9-18(26-33-22-6-19(29)20(30)7-23(22)34-26)25(17)35-2-1-21(24(36)10-35)32-16-11-37-12-16;/h3-9,16,21,24,32,36H,1-2,10-12H2,(H,33,34);1H2/t21-,24+;/m1./s1. The van der Waals surface area contributed by atoms with Gasteiger partial charge in [-0.25, -0.2) is 22.5 Å². The fourth-order valence-corrected chi connectivity index (χ4v) is 4.98. The Balaban J connectivity index is 0.00000294. The third kappa shape index (κ3) is 4.83. The van der Waals surface area contributed by atoms with Crippen molar-refractivity contribution < 1.29 is 32.9 Å². The van der Waals surface area contributed by atoms with Crippen molar-refractivity contribution in [1.82, 2.24) is 20.3 Å². The molecule has 38 heavy (non-hydrogen) atoms. The van der Waals surface area contributed by atoms with Gasteiger partial charge in [0.05, 0.1) is 47.6 Å². The summed E-state index contributed by atoms with van der Waals surface area (Å²) in [4.78, 5) is 13.6. The van der Waals surface area contributed by atoms with Crippen LogP contribution >= 0.6 is 0 Å². The summed E-state index contributed by atoms with van der Waals surface area (Å²) in [6.45, 7) is 1.96. The van der Waals surface area contributed by atoms with Gasteiger partial charge < -0.3 is 30.5 Å². The number of ether oxygens (including phenoxy) is 1. The van der Waals surface area contributed by atoms with Crippen molar-refractivity contribution in [3.8, 4) is 22.5 Å². The molecule has 8 nitrogen and oxygen atoms in total. The van der Waals surface area contributed by atoms with Gasteiger partial charge in [-0.15, -0.1) is 0 Å². The summed E-state index contributed by atoms with van der Waals surface area (Å²) in [6, 6.07) is 5.27. The summed E-state index contributed by atoms with van der Waals surface area (Å²) in [6.07, 6.45) is 2.90. The number of rotatable bonds is 5. The fraction of sp³-hybridized carbons (Fsp3) is 0.308. The first-order valence-electron chi connectivity index (χ1n) is 11.9. The molecule has 2 saturated heterocycles. The molecule has 6 rings (SSSR count). The Morgan fingerprint density at radius 3 is 2.37 bits per heavy atom. The van der Waals surface area contributed by atoms with Crippen LogP contribution in [0.25, 0.3) is 33.5 Å². The Hall–Kier alpha value is -3.58. The van der Waals surface area contributed by atoms with Crippen LogP contribution < -0.4 is 10.2 Å². The fourth-order valence-electron chi connectivity index (χ4n) is 4.98. The van der Waals surface area contributed by atoms with Crippen LogP contribution in [-0.4, -0.2) is 70.0 Å². The molecule has 0 spiro atoms. The minimum Gasteiger partial charge on any atom is -0.412 e. The molecule has 2 atom stereocenters. The Morgan fingerprint density at radius 2 is 1.68 bits per heavy atom. The van der Waals surface area contributed by atoms with Gasteiger partial charge in [0.1, 0.15) is 17.5 Å². The molecule has 5 N–H and O–H groups in total. The zero-order chi connectivity index (χ0) is 25.7. The summed E-state index contributed by atoms with van der Waals surface area (Å²) in [7, 11) is 0. The molecule has 2 aromatic carbocycles. The van der Waals surface area contributed by atoms with Gasteiger partial charge in [-0.2, -0.15) is 0 Å². The molecule has 0 saturated carbocycles. The number of β-amino-alcohol motifs (C(OH)–C–C–N with tert-alkyl or cyclic N) is 1. The second-order valence-corrected chi connectivity index (χ2v) is 9.42. The molecule has 0 bridgehead atoms. The van der Waals surface area contributed by atoms with Crippen molar-refractivity contribution >= 4 is 16.7 Å². The van der Waals surface area contributed by atoms with Crippen LogP contribution in [0.15, 0.2) is 42.7 Å². The molecule has 0 aliphatic carbocycles. The van der Waals surface area contributed by atoms with Gasteiger partial charge in [-0.3, -0.25) is 4.98 Å². The van der Waals surface area contributed by atoms with Gasteiger partial charge in [0, 0.05) is 55.3 Å². The third-order valence-corrected chi connectivity index (χ3v) is 6.86. The maximum Gasteiger partial charge on any atom is 0.161 e. The first-order valence-corrected chi connectivity index (χ1v) is 11.9. The van der Waals surface area contributed by atoms with Crippen LogP contribution in [0.3, 0.4) is 0 Å². The van der Waals surface area contributed by atoms with Crippen LogP contribution in [0.4, 0.5) is 23.2 Å². The Labute approximate surface area is 214 Å². The molecular formula is C26H25F4N5O3. The predicted octanol–water partition coefficient (Wildman–Crippen LogP) is 2.95. The molecule has 0 amide bonds. The number of hydrogen-bond acceptors (Lipinski definition) is 6. The van der Waals surface area contributed by atoms with Crippen molar-refractivity contribution in [3.05, 3.63) is 66.0 Å². The molecule has 2 aliphatic heterocycles. The van der Waals surface area contributed by atoms with Crippen molar-refractivity contribution in [1.29, 1.82) is 0 Å². The van der Waals surface area contributed by atoms with E-state index in [2.05, 4.69) is 20.3 Å². The zero-order valence-corrected chi connectivity index (χ0v) is 20.0. The molecule has 4 aromatic rings. The number of aromatic nitrogens is 3. The van der Waals surface area contributed by atoms with Crippen molar-refractivity contribution in [2.24, 2.45) is 0 Å².